The zero-order valence-electron chi connectivity index (χ0n) is 20.7. The van der Waals surface area contributed by atoms with Gasteiger partial charge < -0.3 is 14.3 Å². The number of benzene rings is 2. The molecule has 3 aliphatic rings. The summed E-state index contributed by atoms with van der Waals surface area (Å²) in [4.78, 5) is 13.9. The van der Waals surface area contributed by atoms with Crippen LogP contribution in [0.15, 0.2) is 60.7 Å². The van der Waals surface area contributed by atoms with E-state index in [0.717, 1.165) is 49.6 Å². The summed E-state index contributed by atoms with van der Waals surface area (Å²) in [7, 11) is 2.33. The number of likely N-dealkylation sites (N-methyl/N-ethyl adjacent to an activating group) is 1. The van der Waals surface area contributed by atoms with Gasteiger partial charge in [-0.05, 0) is 31.7 Å². The van der Waals surface area contributed by atoms with E-state index in [0.29, 0.717) is 17.5 Å². The summed E-state index contributed by atoms with van der Waals surface area (Å²) >= 11 is 0. The molecule has 0 aromatic heterocycles. The van der Waals surface area contributed by atoms with Crippen LogP contribution in [-0.2, 0) is 15.1 Å². The number of hydrogen-bond acceptors (Lipinski definition) is 3. The monoisotopic (exact) mass is 462 g/mol. The number of carbonyl (C=O) groups excluding carboxylic acids is 1. The van der Waals surface area contributed by atoms with E-state index in [1.165, 1.54) is 18.4 Å². The van der Waals surface area contributed by atoms with Crippen LogP contribution < -0.4 is 0 Å². The van der Waals surface area contributed by atoms with Gasteiger partial charge in [0.1, 0.15) is 12.1 Å². The minimum absolute atomic E-state index is 0.0897. The summed E-state index contributed by atoms with van der Waals surface area (Å²) in [6, 6.07) is 20.9. The van der Waals surface area contributed by atoms with Crippen LogP contribution in [0.25, 0.3) is 0 Å². The van der Waals surface area contributed by atoms with Crippen molar-refractivity contribution in [3.05, 3.63) is 71.8 Å². The van der Waals surface area contributed by atoms with Crippen LogP contribution in [0.1, 0.15) is 75.5 Å². The van der Waals surface area contributed by atoms with Crippen molar-refractivity contribution in [2.24, 2.45) is 11.8 Å². The Morgan fingerprint density at radius 2 is 1.56 bits per heavy atom. The highest BCUT2D eigenvalue weighted by atomic mass is 16.6. The van der Waals surface area contributed by atoms with E-state index in [4.69, 9.17) is 4.74 Å². The Kier molecular flexibility index (Phi) is 6.56. The zero-order valence-corrected chi connectivity index (χ0v) is 20.7. The number of piperidine rings is 1. The normalized spacial score (nSPS) is 32.0. The third-order valence-corrected chi connectivity index (χ3v) is 9.44. The number of nitrogens with zero attached hydrogens (tertiary/aromatic N) is 1. The second-order valence-electron chi connectivity index (χ2n) is 11.2. The summed E-state index contributed by atoms with van der Waals surface area (Å²) in [6.45, 7) is 3.33. The minimum atomic E-state index is -1.57. The third kappa shape index (κ3) is 3.99. The lowest BCUT2D eigenvalue weighted by Crippen LogP contribution is -2.53. The maximum absolute atomic E-state index is 13.9. The molecule has 182 valence electrons. The lowest BCUT2D eigenvalue weighted by Gasteiger charge is -2.43. The summed E-state index contributed by atoms with van der Waals surface area (Å²) in [5, 5.41) is 12.1. The molecule has 2 bridgehead atoms. The lowest BCUT2D eigenvalue weighted by molar-refractivity contribution is -0.954. The predicted molar refractivity (Wildman–Crippen MR) is 134 cm³/mol. The van der Waals surface area contributed by atoms with Gasteiger partial charge in [0.05, 0.1) is 19.5 Å². The molecule has 2 aromatic rings. The van der Waals surface area contributed by atoms with Crippen LogP contribution in [0, 0.1) is 11.8 Å². The molecular formula is C30H40NO3+. The predicted octanol–water partition coefficient (Wildman–Crippen LogP) is 5.76. The highest BCUT2D eigenvalue weighted by molar-refractivity contribution is 5.82. The van der Waals surface area contributed by atoms with Gasteiger partial charge in [-0.1, -0.05) is 86.3 Å². The maximum Gasteiger partial charge on any atom is 0.343 e. The molecule has 5 rings (SSSR count). The van der Waals surface area contributed by atoms with Gasteiger partial charge in [0.25, 0.3) is 0 Å². The van der Waals surface area contributed by atoms with Crippen molar-refractivity contribution in [3.63, 3.8) is 0 Å². The molecular weight excluding hydrogens is 422 g/mol. The molecule has 0 radical (unpaired) electrons. The number of likely N-dealkylation sites (tertiary alicyclic amines) is 1. The quantitative estimate of drug-likeness (QED) is 0.337. The molecule has 0 spiro atoms. The number of esters is 1. The average Bonchev–Trinajstić information content (AvgIpc) is 3.22. The standard InChI is InChI=1S/C30H40NO3/c1-22(23-13-7-5-8-14-23)31(2)21-24-19-20-27(31)28(24)34-29(32)30(33,26-17-11-6-12-18-26)25-15-9-3-4-10-16-25/h5-8,11-14,17-18,22,24-25,27-28,33H,3-4,9-10,15-16,19-21H2,1-2H3/q+1/t22-,24?,27+,28?,30?,31?/m1/s1. The fraction of sp³-hybridized carbons (Fsp3) is 0.567. The number of rotatable bonds is 6. The van der Waals surface area contributed by atoms with Gasteiger partial charge in [-0.25, -0.2) is 4.79 Å². The summed E-state index contributed by atoms with van der Waals surface area (Å²) in [5.41, 5.74) is 0.455. The lowest BCUT2D eigenvalue weighted by atomic mass is 9.77. The molecule has 6 atom stereocenters. The van der Waals surface area contributed by atoms with Crippen LogP contribution >= 0.6 is 0 Å². The van der Waals surface area contributed by atoms with E-state index >= 15 is 0 Å². The highest BCUT2D eigenvalue weighted by Gasteiger charge is 2.61. The highest BCUT2D eigenvalue weighted by Crippen LogP contribution is 2.50. The SMILES string of the molecule is C[C@H](c1ccccc1)[N+]1(C)CC2CC[C@H]1C2OC(=O)C(O)(c1ccccc1)C1CCCCCC1. The third-order valence-electron chi connectivity index (χ3n) is 9.44. The molecule has 34 heavy (non-hydrogen) atoms. The number of ether oxygens (including phenoxy) is 1. The van der Waals surface area contributed by atoms with Crippen molar-refractivity contribution in [2.75, 3.05) is 13.6 Å². The first-order valence-electron chi connectivity index (χ1n) is 13.3. The van der Waals surface area contributed by atoms with Crippen molar-refractivity contribution in [1.29, 1.82) is 0 Å². The van der Waals surface area contributed by atoms with E-state index < -0.39 is 11.6 Å². The first-order valence-corrected chi connectivity index (χ1v) is 13.3. The second kappa shape index (κ2) is 9.47. The van der Waals surface area contributed by atoms with Gasteiger partial charge in [-0.2, -0.15) is 0 Å². The topological polar surface area (TPSA) is 46.5 Å². The summed E-state index contributed by atoms with van der Waals surface area (Å²) in [6.07, 6.45) is 8.27. The largest absolute Gasteiger partial charge is 0.453 e. The smallest absolute Gasteiger partial charge is 0.343 e. The molecule has 0 amide bonds. The van der Waals surface area contributed by atoms with Crippen LogP contribution in [0.2, 0.25) is 0 Å². The molecule has 2 aromatic carbocycles. The molecule has 2 aliphatic carbocycles. The molecule has 4 nitrogen and oxygen atoms in total. The average molecular weight is 463 g/mol. The van der Waals surface area contributed by atoms with E-state index in [2.05, 4.69) is 44.3 Å². The van der Waals surface area contributed by atoms with Crippen molar-refractivity contribution in [3.8, 4) is 0 Å². The fourth-order valence-corrected chi connectivity index (χ4v) is 7.31. The molecule has 1 aliphatic heterocycles. The van der Waals surface area contributed by atoms with Crippen molar-refractivity contribution < 1.29 is 19.1 Å². The number of quaternary nitrogens is 1. The minimum Gasteiger partial charge on any atom is -0.453 e. The molecule has 4 heteroatoms. The number of hydrogen-bond donors (Lipinski definition) is 1. The van der Waals surface area contributed by atoms with Gasteiger partial charge in [-0.3, -0.25) is 0 Å². The van der Waals surface area contributed by atoms with Gasteiger partial charge in [0.15, 0.2) is 11.7 Å². The Bertz CT molecular complexity index is 971. The van der Waals surface area contributed by atoms with E-state index in [1.54, 1.807) is 0 Å². The fourth-order valence-electron chi connectivity index (χ4n) is 7.31. The van der Waals surface area contributed by atoms with Gasteiger partial charge in [0, 0.05) is 17.9 Å². The van der Waals surface area contributed by atoms with Gasteiger partial charge >= 0.3 is 5.97 Å². The van der Waals surface area contributed by atoms with Crippen LogP contribution in [0.5, 0.6) is 0 Å². The Morgan fingerprint density at radius 1 is 0.941 bits per heavy atom. The van der Waals surface area contributed by atoms with Crippen LogP contribution in [0.3, 0.4) is 0 Å². The number of fused-ring (bicyclic) bond motifs is 2. The van der Waals surface area contributed by atoms with E-state index in [-0.39, 0.29) is 18.1 Å². The Morgan fingerprint density at radius 3 is 2.21 bits per heavy atom. The van der Waals surface area contributed by atoms with Gasteiger partial charge in [-0.15, -0.1) is 0 Å². The Hall–Kier alpha value is -2.17. The number of aliphatic hydroxyl groups is 1. The van der Waals surface area contributed by atoms with Crippen molar-refractivity contribution >= 4 is 5.97 Å². The van der Waals surface area contributed by atoms with Gasteiger partial charge in [0.2, 0.25) is 0 Å². The Balaban J connectivity index is 1.41. The molecule has 1 N–H and O–H groups in total. The van der Waals surface area contributed by atoms with E-state index in [1.807, 2.05) is 30.3 Å². The van der Waals surface area contributed by atoms with E-state index in [9.17, 15) is 9.90 Å². The summed E-state index contributed by atoms with van der Waals surface area (Å²) in [5.74, 6) is -0.152. The second-order valence-corrected chi connectivity index (χ2v) is 11.2. The van der Waals surface area contributed by atoms with Crippen molar-refractivity contribution in [2.45, 2.75) is 82.1 Å². The first kappa shape index (κ1) is 23.6. The Labute approximate surface area is 204 Å². The zero-order chi connectivity index (χ0) is 23.8. The first-order chi connectivity index (χ1) is 16.4. The number of carbonyl (C=O) groups is 1. The molecule has 2 saturated carbocycles. The molecule has 1 heterocycles. The molecule has 4 unspecified atom stereocenters. The summed E-state index contributed by atoms with van der Waals surface area (Å²) < 4.78 is 7.29. The van der Waals surface area contributed by atoms with Crippen LogP contribution in [0.4, 0.5) is 0 Å². The maximum atomic E-state index is 13.9. The molecule has 3 fully saturated rings. The molecule has 1 saturated heterocycles. The van der Waals surface area contributed by atoms with Crippen LogP contribution in [-0.4, -0.2) is 41.3 Å². The van der Waals surface area contributed by atoms with Crippen molar-refractivity contribution in [1.82, 2.24) is 0 Å².